The Balaban J connectivity index is 1.80. The van der Waals surface area contributed by atoms with Crippen molar-refractivity contribution in [1.29, 1.82) is 0 Å². The monoisotopic (exact) mass is 320 g/mol. The van der Waals surface area contributed by atoms with Crippen molar-refractivity contribution in [3.63, 3.8) is 0 Å². The highest BCUT2D eigenvalue weighted by molar-refractivity contribution is 5.46. The minimum Gasteiger partial charge on any atom is -0.438 e. The second-order valence-electron chi connectivity index (χ2n) is 5.62. The third kappa shape index (κ3) is 3.51. The van der Waals surface area contributed by atoms with Gasteiger partial charge in [0.1, 0.15) is 17.9 Å². The molecule has 3 rings (SSSR count). The van der Waals surface area contributed by atoms with Gasteiger partial charge < -0.3 is 10.1 Å². The number of pyridine rings is 1. The molecule has 24 heavy (non-hydrogen) atoms. The van der Waals surface area contributed by atoms with E-state index in [-0.39, 0.29) is 0 Å². The number of para-hydroxylation sites is 1. The predicted molar refractivity (Wildman–Crippen MR) is 94.3 cm³/mol. The zero-order chi connectivity index (χ0) is 16.9. The number of aromatic nitrogens is 3. The normalized spacial score (nSPS) is 10.5. The fourth-order valence-corrected chi connectivity index (χ4v) is 2.32. The maximum atomic E-state index is 6.00. The van der Waals surface area contributed by atoms with Gasteiger partial charge in [-0.1, -0.05) is 24.3 Å². The third-order valence-corrected chi connectivity index (χ3v) is 3.93. The number of benzene rings is 1. The first-order valence-corrected chi connectivity index (χ1v) is 7.84. The van der Waals surface area contributed by atoms with Crippen LogP contribution in [-0.4, -0.2) is 15.0 Å². The highest BCUT2D eigenvalue weighted by atomic mass is 16.5. The largest absolute Gasteiger partial charge is 0.438 e. The molecule has 0 fully saturated rings. The summed E-state index contributed by atoms with van der Waals surface area (Å²) in [6.07, 6.45) is 3.30. The van der Waals surface area contributed by atoms with Gasteiger partial charge in [-0.3, -0.25) is 0 Å². The second-order valence-corrected chi connectivity index (χ2v) is 5.62. The lowest BCUT2D eigenvalue weighted by atomic mass is 10.2. The van der Waals surface area contributed by atoms with Crippen LogP contribution in [0.3, 0.4) is 0 Å². The molecule has 122 valence electrons. The zero-order valence-electron chi connectivity index (χ0n) is 14.1. The van der Waals surface area contributed by atoms with E-state index in [9.17, 15) is 0 Å². The lowest BCUT2D eigenvalue weighted by Gasteiger charge is -2.13. The standard InChI is InChI=1S/C19H20N4O/c1-13-7-4-5-9-17(13)24-19-16(8-6-10-20-19)11-21-18-14(2)15(3)22-12-23-18/h4-10,12H,11H2,1-3H3,(H,21,22,23). The van der Waals surface area contributed by atoms with E-state index >= 15 is 0 Å². The Labute approximate surface area is 141 Å². The molecule has 3 aromatic rings. The summed E-state index contributed by atoms with van der Waals surface area (Å²) in [5.74, 6) is 2.24. The second kappa shape index (κ2) is 7.08. The molecule has 5 nitrogen and oxygen atoms in total. The van der Waals surface area contributed by atoms with E-state index in [4.69, 9.17) is 4.74 Å². The molecule has 0 aliphatic heterocycles. The van der Waals surface area contributed by atoms with Crippen molar-refractivity contribution in [3.05, 3.63) is 71.3 Å². The molecule has 0 saturated heterocycles. The lowest BCUT2D eigenvalue weighted by Crippen LogP contribution is -2.06. The Morgan fingerprint density at radius 2 is 1.79 bits per heavy atom. The molecule has 0 saturated carbocycles. The van der Waals surface area contributed by atoms with Crippen molar-refractivity contribution in [2.24, 2.45) is 0 Å². The Morgan fingerprint density at radius 1 is 0.958 bits per heavy atom. The minimum atomic E-state index is 0.576. The van der Waals surface area contributed by atoms with E-state index in [0.29, 0.717) is 12.4 Å². The van der Waals surface area contributed by atoms with Crippen molar-refractivity contribution < 1.29 is 4.74 Å². The van der Waals surface area contributed by atoms with Gasteiger partial charge in [0.15, 0.2) is 0 Å². The molecule has 0 amide bonds. The van der Waals surface area contributed by atoms with Gasteiger partial charge in [-0.25, -0.2) is 15.0 Å². The number of hydrogen-bond donors (Lipinski definition) is 1. The van der Waals surface area contributed by atoms with E-state index in [2.05, 4.69) is 20.3 Å². The van der Waals surface area contributed by atoms with Gasteiger partial charge >= 0.3 is 0 Å². The highest BCUT2D eigenvalue weighted by Crippen LogP contribution is 2.26. The first kappa shape index (κ1) is 15.9. The number of rotatable bonds is 5. The van der Waals surface area contributed by atoms with Crippen LogP contribution in [0.15, 0.2) is 48.9 Å². The first-order chi connectivity index (χ1) is 11.6. The third-order valence-electron chi connectivity index (χ3n) is 3.93. The first-order valence-electron chi connectivity index (χ1n) is 7.84. The Kier molecular flexibility index (Phi) is 4.70. The molecule has 5 heteroatoms. The van der Waals surface area contributed by atoms with Crippen LogP contribution in [0, 0.1) is 20.8 Å². The van der Waals surface area contributed by atoms with Crippen LogP contribution in [0.4, 0.5) is 5.82 Å². The van der Waals surface area contributed by atoms with Gasteiger partial charge in [0, 0.05) is 29.6 Å². The van der Waals surface area contributed by atoms with Crippen LogP contribution in [0.1, 0.15) is 22.4 Å². The topological polar surface area (TPSA) is 59.9 Å². The molecule has 1 aromatic carbocycles. The van der Waals surface area contributed by atoms with Crippen LogP contribution in [-0.2, 0) is 6.54 Å². The molecule has 0 aliphatic carbocycles. The fraction of sp³-hybridized carbons (Fsp3) is 0.211. The van der Waals surface area contributed by atoms with Gasteiger partial charge in [0.25, 0.3) is 0 Å². The van der Waals surface area contributed by atoms with Gasteiger partial charge in [0.05, 0.1) is 0 Å². The summed E-state index contributed by atoms with van der Waals surface area (Å²) in [7, 11) is 0. The molecule has 0 unspecified atom stereocenters. The molecular weight excluding hydrogens is 300 g/mol. The van der Waals surface area contributed by atoms with E-state index in [1.54, 1.807) is 12.5 Å². The average molecular weight is 320 g/mol. The molecule has 0 aliphatic rings. The van der Waals surface area contributed by atoms with E-state index < -0.39 is 0 Å². The van der Waals surface area contributed by atoms with Crippen molar-refractivity contribution in [2.45, 2.75) is 27.3 Å². The summed E-state index contributed by atoms with van der Waals surface area (Å²) in [6, 6.07) is 11.8. The van der Waals surface area contributed by atoms with E-state index in [1.165, 1.54) is 0 Å². The average Bonchev–Trinajstić information content (AvgIpc) is 2.59. The number of nitrogens with zero attached hydrogens (tertiary/aromatic N) is 3. The molecule has 0 atom stereocenters. The number of nitrogens with one attached hydrogen (secondary N) is 1. The zero-order valence-corrected chi connectivity index (χ0v) is 14.1. The minimum absolute atomic E-state index is 0.576. The maximum absolute atomic E-state index is 6.00. The molecule has 0 spiro atoms. The molecule has 1 N–H and O–H groups in total. The van der Waals surface area contributed by atoms with E-state index in [1.807, 2.05) is 57.2 Å². The van der Waals surface area contributed by atoms with Crippen molar-refractivity contribution >= 4 is 5.82 Å². The van der Waals surface area contributed by atoms with Crippen LogP contribution in [0.2, 0.25) is 0 Å². The number of anilines is 1. The van der Waals surface area contributed by atoms with Gasteiger partial charge in [-0.15, -0.1) is 0 Å². The maximum Gasteiger partial charge on any atom is 0.224 e. The van der Waals surface area contributed by atoms with Gasteiger partial charge in [0.2, 0.25) is 5.88 Å². The fourth-order valence-electron chi connectivity index (χ4n) is 2.32. The predicted octanol–water partition coefficient (Wildman–Crippen LogP) is 4.20. The summed E-state index contributed by atoms with van der Waals surface area (Å²) >= 11 is 0. The summed E-state index contributed by atoms with van der Waals surface area (Å²) in [5.41, 5.74) is 4.05. The molecule has 2 aromatic heterocycles. The molecule has 2 heterocycles. The van der Waals surface area contributed by atoms with Crippen molar-refractivity contribution in [2.75, 3.05) is 5.32 Å². The van der Waals surface area contributed by atoms with E-state index in [0.717, 1.165) is 34.0 Å². The Bertz CT molecular complexity index is 848. The van der Waals surface area contributed by atoms with Crippen LogP contribution >= 0.6 is 0 Å². The number of aryl methyl sites for hydroxylation is 2. The van der Waals surface area contributed by atoms with Gasteiger partial charge in [-0.2, -0.15) is 0 Å². The SMILES string of the molecule is Cc1ccccc1Oc1ncccc1CNc1ncnc(C)c1C. The number of hydrogen-bond acceptors (Lipinski definition) is 5. The molecule has 0 radical (unpaired) electrons. The lowest BCUT2D eigenvalue weighted by molar-refractivity contribution is 0.453. The van der Waals surface area contributed by atoms with Crippen LogP contribution in [0.5, 0.6) is 11.6 Å². The van der Waals surface area contributed by atoms with Crippen molar-refractivity contribution in [1.82, 2.24) is 15.0 Å². The highest BCUT2D eigenvalue weighted by Gasteiger charge is 2.09. The molecular formula is C19H20N4O. The van der Waals surface area contributed by atoms with Crippen LogP contribution < -0.4 is 10.1 Å². The Hall–Kier alpha value is -2.95. The summed E-state index contributed by atoms with van der Waals surface area (Å²) < 4.78 is 6.00. The quantitative estimate of drug-likeness (QED) is 0.763. The van der Waals surface area contributed by atoms with Gasteiger partial charge in [-0.05, 0) is 38.5 Å². The van der Waals surface area contributed by atoms with Crippen LogP contribution in [0.25, 0.3) is 0 Å². The smallest absolute Gasteiger partial charge is 0.224 e. The summed E-state index contributed by atoms with van der Waals surface area (Å²) in [5, 5.41) is 3.34. The Morgan fingerprint density at radius 3 is 2.62 bits per heavy atom. The summed E-state index contributed by atoms with van der Waals surface area (Å²) in [4.78, 5) is 12.9. The summed E-state index contributed by atoms with van der Waals surface area (Å²) in [6.45, 7) is 6.57. The number of ether oxygens (including phenoxy) is 1. The van der Waals surface area contributed by atoms with Crippen molar-refractivity contribution in [3.8, 4) is 11.6 Å². The molecule has 0 bridgehead atoms.